The fourth-order valence-corrected chi connectivity index (χ4v) is 3.62. The molecule has 0 spiro atoms. The van der Waals surface area contributed by atoms with E-state index in [-0.39, 0.29) is 28.5 Å². The van der Waals surface area contributed by atoms with Crippen molar-refractivity contribution in [2.24, 2.45) is 0 Å². The van der Waals surface area contributed by atoms with Crippen molar-refractivity contribution < 1.29 is 31.8 Å². The third-order valence-corrected chi connectivity index (χ3v) is 5.55. The molecular formula is C20H24FN3O6S. The van der Waals surface area contributed by atoms with Gasteiger partial charge in [-0.25, -0.2) is 27.6 Å². The van der Waals surface area contributed by atoms with E-state index in [0.717, 1.165) is 25.2 Å². The van der Waals surface area contributed by atoms with Crippen LogP contribution < -0.4 is 9.47 Å². The number of likely N-dealkylation sites (tertiary alicyclic amines) is 1. The summed E-state index contributed by atoms with van der Waals surface area (Å²) < 4.78 is 53.9. The van der Waals surface area contributed by atoms with Gasteiger partial charge in [0, 0.05) is 19.2 Å². The molecule has 0 saturated carbocycles. The van der Waals surface area contributed by atoms with Crippen LogP contribution in [0.25, 0.3) is 0 Å². The molecule has 31 heavy (non-hydrogen) atoms. The van der Waals surface area contributed by atoms with Crippen molar-refractivity contribution in [3.8, 4) is 17.5 Å². The summed E-state index contributed by atoms with van der Waals surface area (Å²) in [6.07, 6.45) is 3.23. The second-order valence-electron chi connectivity index (χ2n) is 7.36. The highest BCUT2D eigenvalue weighted by Gasteiger charge is 2.30. The Morgan fingerprint density at radius 3 is 2.61 bits per heavy atom. The summed E-state index contributed by atoms with van der Waals surface area (Å²) in [4.78, 5) is 21.7. The molecule has 1 aromatic heterocycles. The van der Waals surface area contributed by atoms with Crippen LogP contribution in [0.2, 0.25) is 0 Å². The molecule has 3 rings (SSSR count). The average Bonchev–Trinajstić information content (AvgIpc) is 2.69. The third kappa shape index (κ3) is 6.03. The third-order valence-electron chi connectivity index (χ3n) is 4.44. The summed E-state index contributed by atoms with van der Waals surface area (Å²) in [5.74, 6) is -0.897. The number of rotatable bonds is 6. The number of amides is 1. The molecule has 0 N–H and O–H groups in total. The van der Waals surface area contributed by atoms with E-state index in [1.54, 1.807) is 13.8 Å². The number of carbonyl (C=O) groups is 1. The van der Waals surface area contributed by atoms with Crippen LogP contribution in [0.1, 0.15) is 33.1 Å². The summed E-state index contributed by atoms with van der Waals surface area (Å²) >= 11 is 0. The summed E-state index contributed by atoms with van der Waals surface area (Å²) in [5.41, 5.74) is 0. The molecule has 0 aliphatic carbocycles. The van der Waals surface area contributed by atoms with Gasteiger partial charge in [0.2, 0.25) is 11.8 Å². The highest BCUT2D eigenvalue weighted by atomic mass is 32.2. The van der Waals surface area contributed by atoms with E-state index in [4.69, 9.17) is 14.2 Å². The largest absolute Gasteiger partial charge is 0.453 e. The van der Waals surface area contributed by atoms with Gasteiger partial charge in [-0.2, -0.15) is 0 Å². The standard InChI is InChI=1S/C20H24FN3O6S/c1-13(2)28-20(25)24-9-5-4-6-19(24)30-18-11-17(22-12-23-18)29-16-8-7-14(10-15(16)21)31(3,26)27/h7-8,10-13,19H,4-6,9H2,1-3H3. The predicted octanol–water partition coefficient (Wildman–Crippen LogP) is 3.55. The molecule has 11 heteroatoms. The number of hydrogen-bond acceptors (Lipinski definition) is 8. The monoisotopic (exact) mass is 453 g/mol. The van der Waals surface area contributed by atoms with Crippen LogP contribution >= 0.6 is 0 Å². The quantitative estimate of drug-likeness (QED) is 0.653. The molecular weight excluding hydrogens is 429 g/mol. The average molecular weight is 453 g/mol. The first-order valence-corrected chi connectivity index (χ1v) is 11.7. The van der Waals surface area contributed by atoms with Crippen molar-refractivity contribution in [3.05, 3.63) is 36.4 Å². The number of halogens is 1. The summed E-state index contributed by atoms with van der Waals surface area (Å²) in [6, 6.07) is 4.69. The molecule has 0 bridgehead atoms. The molecule has 1 aromatic carbocycles. The van der Waals surface area contributed by atoms with Gasteiger partial charge >= 0.3 is 6.09 Å². The van der Waals surface area contributed by atoms with Gasteiger partial charge in [0.15, 0.2) is 27.6 Å². The van der Waals surface area contributed by atoms with Crippen LogP contribution in [-0.2, 0) is 14.6 Å². The molecule has 2 aromatic rings. The van der Waals surface area contributed by atoms with Crippen molar-refractivity contribution in [2.45, 2.75) is 50.3 Å². The first-order chi connectivity index (χ1) is 14.6. The van der Waals surface area contributed by atoms with E-state index < -0.39 is 28.0 Å². The maximum absolute atomic E-state index is 14.3. The van der Waals surface area contributed by atoms with Crippen molar-refractivity contribution in [2.75, 3.05) is 12.8 Å². The highest BCUT2D eigenvalue weighted by Crippen LogP contribution is 2.28. The lowest BCUT2D eigenvalue weighted by atomic mass is 10.1. The number of benzene rings is 1. The van der Waals surface area contributed by atoms with Gasteiger partial charge < -0.3 is 14.2 Å². The van der Waals surface area contributed by atoms with Crippen LogP contribution in [-0.4, -0.2) is 54.5 Å². The lowest BCUT2D eigenvalue weighted by Crippen LogP contribution is -2.47. The Bertz CT molecular complexity index is 1050. The molecule has 168 valence electrons. The van der Waals surface area contributed by atoms with Gasteiger partial charge in [-0.15, -0.1) is 0 Å². The molecule has 9 nitrogen and oxygen atoms in total. The molecule has 0 radical (unpaired) electrons. The number of hydrogen-bond donors (Lipinski definition) is 0. The second-order valence-corrected chi connectivity index (χ2v) is 9.37. The summed E-state index contributed by atoms with van der Waals surface area (Å²) in [6.45, 7) is 4.04. The minimum atomic E-state index is -3.54. The number of piperidine rings is 1. The fourth-order valence-electron chi connectivity index (χ4n) is 2.99. The first kappa shape index (κ1) is 22.7. The molecule has 1 fully saturated rings. The highest BCUT2D eigenvalue weighted by molar-refractivity contribution is 7.90. The van der Waals surface area contributed by atoms with Gasteiger partial charge in [0.25, 0.3) is 0 Å². The van der Waals surface area contributed by atoms with Crippen molar-refractivity contribution >= 4 is 15.9 Å². The Balaban J connectivity index is 1.73. The lowest BCUT2D eigenvalue weighted by Gasteiger charge is -2.34. The van der Waals surface area contributed by atoms with Crippen LogP contribution in [0.4, 0.5) is 9.18 Å². The lowest BCUT2D eigenvalue weighted by molar-refractivity contribution is -0.0164. The van der Waals surface area contributed by atoms with E-state index in [2.05, 4.69) is 9.97 Å². The van der Waals surface area contributed by atoms with E-state index in [9.17, 15) is 17.6 Å². The topological polar surface area (TPSA) is 108 Å². The number of aromatic nitrogens is 2. The van der Waals surface area contributed by atoms with Gasteiger partial charge in [0.1, 0.15) is 6.33 Å². The van der Waals surface area contributed by atoms with E-state index in [0.29, 0.717) is 13.0 Å². The summed E-state index contributed by atoms with van der Waals surface area (Å²) in [5, 5.41) is 0. The Morgan fingerprint density at radius 2 is 1.94 bits per heavy atom. The molecule has 1 unspecified atom stereocenters. The normalized spacial score (nSPS) is 16.8. The second kappa shape index (κ2) is 9.46. The van der Waals surface area contributed by atoms with Gasteiger partial charge in [-0.3, -0.25) is 4.90 Å². The van der Waals surface area contributed by atoms with Crippen LogP contribution in [0, 0.1) is 5.82 Å². The maximum Gasteiger partial charge on any atom is 0.412 e. The maximum atomic E-state index is 14.3. The molecule has 1 atom stereocenters. The fraction of sp³-hybridized carbons (Fsp3) is 0.450. The van der Waals surface area contributed by atoms with Gasteiger partial charge in [0.05, 0.1) is 17.1 Å². The van der Waals surface area contributed by atoms with E-state index in [1.165, 1.54) is 29.4 Å². The Labute approximate surface area is 180 Å². The van der Waals surface area contributed by atoms with Crippen LogP contribution in [0.15, 0.2) is 35.5 Å². The predicted molar refractivity (Wildman–Crippen MR) is 108 cm³/mol. The number of carbonyl (C=O) groups excluding carboxylic acids is 1. The Hall–Kier alpha value is -2.95. The van der Waals surface area contributed by atoms with Crippen LogP contribution in [0.5, 0.6) is 17.5 Å². The summed E-state index contributed by atoms with van der Waals surface area (Å²) in [7, 11) is -3.54. The minimum Gasteiger partial charge on any atom is -0.453 e. The zero-order valence-corrected chi connectivity index (χ0v) is 18.3. The van der Waals surface area contributed by atoms with E-state index >= 15 is 0 Å². The van der Waals surface area contributed by atoms with Crippen molar-refractivity contribution in [3.63, 3.8) is 0 Å². The smallest absolute Gasteiger partial charge is 0.412 e. The Morgan fingerprint density at radius 1 is 1.19 bits per heavy atom. The molecule has 1 saturated heterocycles. The minimum absolute atomic E-state index is 0.00289. The molecule has 1 aliphatic rings. The SMILES string of the molecule is CC(C)OC(=O)N1CCCCC1Oc1cc(Oc2ccc(S(C)(=O)=O)cc2F)ncn1. The van der Waals surface area contributed by atoms with E-state index in [1.807, 2.05) is 0 Å². The zero-order valence-electron chi connectivity index (χ0n) is 17.4. The zero-order chi connectivity index (χ0) is 22.6. The van der Waals surface area contributed by atoms with Gasteiger partial charge in [-0.05, 0) is 44.9 Å². The number of nitrogens with zero attached hydrogens (tertiary/aromatic N) is 3. The van der Waals surface area contributed by atoms with Crippen molar-refractivity contribution in [1.29, 1.82) is 0 Å². The van der Waals surface area contributed by atoms with Crippen molar-refractivity contribution in [1.82, 2.24) is 14.9 Å². The number of ether oxygens (including phenoxy) is 3. The molecule has 2 heterocycles. The first-order valence-electron chi connectivity index (χ1n) is 9.77. The Kier molecular flexibility index (Phi) is 6.94. The molecule has 1 amide bonds. The molecule has 1 aliphatic heterocycles. The number of sulfone groups is 1. The van der Waals surface area contributed by atoms with Gasteiger partial charge in [-0.1, -0.05) is 0 Å². The van der Waals surface area contributed by atoms with Crippen LogP contribution in [0.3, 0.4) is 0 Å².